The topological polar surface area (TPSA) is 135 Å². The fourth-order valence-electron chi connectivity index (χ4n) is 1.76. The predicted octanol–water partition coefficient (Wildman–Crippen LogP) is -1.20. The molecule has 21 heavy (non-hydrogen) atoms. The van der Waals surface area contributed by atoms with Crippen LogP contribution in [0.2, 0.25) is 0 Å². The molecule has 0 saturated carbocycles. The van der Waals surface area contributed by atoms with E-state index in [0.717, 1.165) is 0 Å². The van der Waals surface area contributed by atoms with Crippen LogP contribution >= 0.6 is 0 Å². The van der Waals surface area contributed by atoms with Crippen LogP contribution in [0.5, 0.6) is 6.01 Å². The average molecular weight is 295 g/mol. The Balaban J connectivity index is 2.37. The van der Waals surface area contributed by atoms with Crippen molar-refractivity contribution in [3.63, 3.8) is 0 Å². The third-order valence-electron chi connectivity index (χ3n) is 2.75. The predicted molar refractivity (Wildman–Crippen MR) is 73.4 cm³/mol. The van der Waals surface area contributed by atoms with Crippen LogP contribution in [0.25, 0.3) is 0 Å². The lowest BCUT2D eigenvalue weighted by atomic mass is 10.2. The van der Waals surface area contributed by atoms with E-state index in [4.69, 9.17) is 10.6 Å². The molecule has 1 atom stereocenters. The smallest absolute Gasteiger partial charge is 0.323 e. The van der Waals surface area contributed by atoms with Gasteiger partial charge in [0.15, 0.2) is 0 Å². The zero-order valence-electron chi connectivity index (χ0n) is 12.0. The molecule has 1 aromatic rings. The van der Waals surface area contributed by atoms with E-state index in [1.165, 1.54) is 4.90 Å². The molecule has 0 aliphatic carbocycles. The van der Waals surface area contributed by atoms with Gasteiger partial charge in [0, 0.05) is 0 Å². The number of imide groups is 1. The second-order valence-electron chi connectivity index (χ2n) is 4.77. The third kappa shape index (κ3) is 3.34. The highest BCUT2D eigenvalue weighted by Crippen LogP contribution is 2.19. The Hall–Kier alpha value is -2.49. The maximum Gasteiger partial charge on any atom is 0.323 e. The van der Waals surface area contributed by atoms with Gasteiger partial charge < -0.3 is 9.64 Å². The van der Waals surface area contributed by atoms with Crippen molar-refractivity contribution in [3.05, 3.63) is 0 Å². The molecule has 1 unspecified atom stereocenters. The first-order valence-corrected chi connectivity index (χ1v) is 6.40. The molecule has 0 aromatic carbocycles. The van der Waals surface area contributed by atoms with Gasteiger partial charge >= 0.3 is 6.01 Å². The maximum absolute atomic E-state index is 11.7. The highest BCUT2D eigenvalue weighted by Gasteiger charge is 2.32. The fourth-order valence-corrected chi connectivity index (χ4v) is 1.76. The maximum atomic E-state index is 11.7. The summed E-state index contributed by atoms with van der Waals surface area (Å²) in [5, 5.41) is 2.24. The second-order valence-corrected chi connectivity index (χ2v) is 4.77. The van der Waals surface area contributed by atoms with Crippen molar-refractivity contribution >= 4 is 23.7 Å². The summed E-state index contributed by atoms with van der Waals surface area (Å²) in [4.78, 5) is 36.8. The molecule has 4 N–H and O–H groups in total. The third-order valence-corrected chi connectivity index (χ3v) is 2.75. The number of nitrogens with zero attached hydrogens (tertiary/aromatic N) is 4. The van der Waals surface area contributed by atoms with Crippen molar-refractivity contribution in [1.82, 2.24) is 20.3 Å². The molecule has 0 radical (unpaired) electrons. The fraction of sp³-hybridized carbons (Fsp3) is 0.545. The van der Waals surface area contributed by atoms with Gasteiger partial charge in [0.25, 0.3) is 0 Å². The number of nitrogen functional groups attached to an aromatic ring is 1. The largest absolute Gasteiger partial charge is 0.461 e. The van der Waals surface area contributed by atoms with E-state index in [9.17, 15) is 9.59 Å². The molecule has 1 aromatic heterocycles. The van der Waals surface area contributed by atoms with Crippen molar-refractivity contribution in [1.29, 1.82) is 0 Å². The lowest BCUT2D eigenvalue weighted by Crippen LogP contribution is -2.57. The number of hydrazine groups is 1. The zero-order valence-corrected chi connectivity index (χ0v) is 12.0. The van der Waals surface area contributed by atoms with Crippen molar-refractivity contribution in [2.75, 3.05) is 16.9 Å². The number of hydrogen-bond donors (Lipinski definition) is 3. The zero-order chi connectivity index (χ0) is 15.6. The summed E-state index contributed by atoms with van der Waals surface area (Å²) in [5.41, 5.74) is 2.30. The Labute approximate surface area is 121 Å². The first kappa shape index (κ1) is 14.9. The molecule has 1 fully saturated rings. The number of carbonyl (C=O) groups excluding carboxylic acids is 2. The number of anilines is 2. The van der Waals surface area contributed by atoms with Crippen molar-refractivity contribution in [3.8, 4) is 6.01 Å². The molecule has 114 valence electrons. The Morgan fingerprint density at radius 1 is 1.38 bits per heavy atom. The highest BCUT2D eigenvalue weighted by atomic mass is 16.5. The Morgan fingerprint density at radius 2 is 2.10 bits per heavy atom. The number of nitrogens with one attached hydrogen (secondary N) is 2. The molecule has 1 aliphatic heterocycles. The Morgan fingerprint density at radius 3 is 2.71 bits per heavy atom. The number of aromatic nitrogens is 3. The van der Waals surface area contributed by atoms with Crippen LogP contribution in [0.1, 0.15) is 20.8 Å². The molecule has 1 aliphatic rings. The van der Waals surface area contributed by atoms with Crippen LogP contribution < -0.4 is 26.2 Å². The summed E-state index contributed by atoms with van der Waals surface area (Å²) >= 11 is 0. The van der Waals surface area contributed by atoms with Gasteiger partial charge in [0.2, 0.25) is 23.7 Å². The summed E-state index contributed by atoms with van der Waals surface area (Å²) in [6, 6.07) is -0.531. The summed E-state index contributed by atoms with van der Waals surface area (Å²) in [5.74, 6) is 4.70. The molecule has 10 heteroatoms. The van der Waals surface area contributed by atoms with E-state index < -0.39 is 17.9 Å². The lowest BCUT2D eigenvalue weighted by molar-refractivity contribution is -0.132. The van der Waals surface area contributed by atoms with Gasteiger partial charge in [0.1, 0.15) is 12.6 Å². The summed E-state index contributed by atoms with van der Waals surface area (Å²) in [7, 11) is 0. The molecule has 2 heterocycles. The molecule has 2 amide bonds. The first-order chi connectivity index (χ1) is 9.90. The Kier molecular flexibility index (Phi) is 4.17. The van der Waals surface area contributed by atoms with Gasteiger partial charge in [-0.1, -0.05) is 0 Å². The summed E-state index contributed by atoms with van der Waals surface area (Å²) < 4.78 is 5.41. The molecule has 10 nitrogen and oxygen atoms in total. The number of rotatable bonds is 4. The molecule has 2 rings (SSSR count). The summed E-state index contributed by atoms with van der Waals surface area (Å²) in [6.07, 6.45) is -0.144. The lowest BCUT2D eigenvalue weighted by Gasteiger charge is -2.31. The quantitative estimate of drug-likeness (QED) is 0.355. The minimum absolute atomic E-state index is 0.0396. The van der Waals surface area contributed by atoms with E-state index in [2.05, 4.69) is 25.7 Å². The van der Waals surface area contributed by atoms with Crippen LogP contribution in [-0.2, 0) is 9.59 Å². The van der Waals surface area contributed by atoms with Gasteiger partial charge in [-0.15, -0.1) is 0 Å². The Bertz CT molecular complexity index is 563. The first-order valence-electron chi connectivity index (χ1n) is 6.40. The van der Waals surface area contributed by atoms with Gasteiger partial charge in [0.05, 0.1) is 6.10 Å². The van der Waals surface area contributed by atoms with Crippen LogP contribution in [-0.4, -0.2) is 45.5 Å². The van der Waals surface area contributed by atoms with Gasteiger partial charge in [-0.25, -0.2) is 5.84 Å². The molecule has 0 bridgehead atoms. The number of ether oxygens (including phenoxy) is 1. The van der Waals surface area contributed by atoms with Crippen LogP contribution in [0.15, 0.2) is 0 Å². The van der Waals surface area contributed by atoms with E-state index in [1.54, 1.807) is 6.92 Å². The summed E-state index contributed by atoms with van der Waals surface area (Å²) in [6.45, 7) is 5.24. The van der Waals surface area contributed by atoms with Crippen molar-refractivity contribution < 1.29 is 14.3 Å². The monoisotopic (exact) mass is 295 g/mol. The van der Waals surface area contributed by atoms with Crippen LogP contribution in [0.4, 0.5) is 11.9 Å². The normalized spacial score (nSPS) is 18.7. The van der Waals surface area contributed by atoms with Gasteiger partial charge in [-0.3, -0.25) is 20.3 Å². The number of piperazine rings is 1. The van der Waals surface area contributed by atoms with Crippen molar-refractivity contribution in [2.45, 2.75) is 32.9 Å². The average Bonchev–Trinajstić information content (AvgIpc) is 2.41. The van der Waals surface area contributed by atoms with Crippen molar-refractivity contribution in [2.24, 2.45) is 5.84 Å². The van der Waals surface area contributed by atoms with E-state index in [1.807, 2.05) is 13.8 Å². The van der Waals surface area contributed by atoms with Crippen LogP contribution in [0.3, 0.4) is 0 Å². The number of carbonyl (C=O) groups is 2. The SMILES string of the molecule is CC(C)Oc1nc(NN)nc(N2CC(=O)NC(=O)C2C)n1. The molecule has 0 spiro atoms. The minimum Gasteiger partial charge on any atom is -0.461 e. The van der Waals surface area contributed by atoms with Gasteiger partial charge in [-0.2, -0.15) is 15.0 Å². The standard InChI is InChI=1S/C11H17N7O3/c1-5(2)21-11-15-9(17-12)14-10(16-11)18-4-7(19)13-8(20)6(18)3/h5-6H,4,12H2,1-3H3,(H,13,19,20)(H,14,15,16,17). The number of amides is 2. The molecule has 1 saturated heterocycles. The van der Waals surface area contributed by atoms with Crippen LogP contribution in [0, 0.1) is 0 Å². The van der Waals surface area contributed by atoms with Gasteiger partial charge in [-0.05, 0) is 20.8 Å². The van der Waals surface area contributed by atoms with E-state index in [0.29, 0.717) is 0 Å². The number of nitrogens with two attached hydrogens (primary N) is 1. The van der Waals surface area contributed by atoms with E-state index in [-0.39, 0.29) is 30.6 Å². The highest BCUT2D eigenvalue weighted by molar-refractivity contribution is 6.04. The molecular weight excluding hydrogens is 278 g/mol. The number of hydrogen-bond acceptors (Lipinski definition) is 9. The molecular formula is C11H17N7O3. The van der Waals surface area contributed by atoms with E-state index >= 15 is 0 Å². The second kappa shape index (κ2) is 5.87. The minimum atomic E-state index is -0.595.